The topological polar surface area (TPSA) is 80.5 Å². The summed E-state index contributed by atoms with van der Waals surface area (Å²) in [5.41, 5.74) is 7.07. The Morgan fingerprint density at radius 2 is 1.76 bits per heavy atom. The first-order valence-electron chi connectivity index (χ1n) is 10.2. The van der Waals surface area contributed by atoms with E-state index in [0.29, 0.717) is 11.2 Å². The van der Waals surface area contributed by atoms with Crippen LogP contribution in [0.2, 0.25) is 0 Å². The molecule has 3 aromatic carbocycles. The van der Waals surface area contributed by atoms with Gasteiger partial charge in [-0.1, -0.05) is 24.3 Å². The van der Waals surface area contributed by atoms with E-state index in [9.17, 15) is 18.0 Å². The summed E-state index contributed by atoms with van der Waals surface area (Å²) in [4.78, 5) is 12.2. The summed E-state index contributed by atoms with van der Waals surface area (Å²) in [6.07, 6.45) is -1.49. The molecule has 174 valence electrons. The maximum Gasteiger partial charge on any atom is 0.573 e. The van der Waals surface area contributed by atoms with Gasteiger partial charge in [-0.15, -0.1) is 13.2 Å². The molecule has 0 spiro atoms. The van der Waals surface area contributed by atoms with Gasteiger partial charge in [-0.3, -0.25) is 0 Å². The number of anilines is 1. The Bertz CT molecular complexity index is 1340. The number of aryl methyl sites for hydroxylation is 2. The molecule has 4 rings (SSSR count). The van der Waals surface area contributed by atoms with E-state index in [2.05, 4.69) is 25.7 Å². The number of amides is 2. The van der Waals surface area contributed by atoms with Gasteiger partial charge in [-0.25, -0.2) is 14.9 Å². The standard InChI is InChI=1S/C24H20F3N5O2/c1-15-4-3-5-16(2)22(15)29-23(33)30-28-13-17-6-11-21-18(12-17)14-32(31-21)19-7-9-20(10-8-19)34-24(25,26)27/h3-14H,1-2H3,(H2,29,30,33). The normalized spacial score (nSPS) is 11.7. The first-order chi connectivity index (χ1) is 16.2. The predicted octanol–water partition coefficient (Wildman–Crippen LogP) is 5.70. The van der Waals surface area contributed by atoms with E-state index in [0.717, 1.165) is 27.8 Å². The van der Waals surface area contributed by atoms with Crippen LogP contribution in [0.1, 0.15) is 16.7 Å². The number of aromatic nitrogens is 2. The number of halogens is 3. The lowest BCUT2D eigenvalue weighted by atomic mass is 10.1. The van der Waals surface area contributed by atoms with Gasteiger partial charge in [-0.2, -0.15) is 10.2 Å². The summed E-state index contributed by atoms with van der Waals surface area (Å²) in [6, 6.07) is 16.1. The summed E-state index contributed by atoms with van der Waals surface area (Å²) in [5.74, 6) is -0.305. The average Bonchev–Trinajstić information content (AvgIpc) is 3.19. The highest BCUT2D eigenvalue weighted by atomic mass is 19.4. The van der Waals surface area contributed by atoms with Crippen LogP contribution in [0.4, 0.5) is 23.7 Å². The number of alkyl halides is 3. The number of ether oxygens (including phenoxy) is 1. The second-order valence-corrected chi connectivity index (χ2v) is 7.52. The molecule has 4 aromatic rings. The Kier molecular flexibility index (Phi) is 6.22. The van der Waals surface area contributed by atoms with Gasteiger partial charge >= 0.3 is 12.4 Å². The fourth-order valence-corrected chi connectivity index (χ4v) is 3.38. The molecule has 0 atom stereocenters. The van der Waals surface area contributed by atoms with E-state index in [4.69, 9.17) is 0 Å². The van der Waals surface area contributed by atoms with Crippen LogP contribution in [-0.2, 0) is 0 Å². The van der Waals surface area contributed by atoms with E-state index in [1.807, 2.05) is 38.1 Å². The fourth-order valence-electron chi connectivity index (χ4n) is 3.38. The summed E-state index contributed by atoms with van der Waals surface area (Å²) in [6.45, 7) is 3.82. The number of para-hydroxylation sites is 1. The van der Waals surface area contributed by atoms with Gasteiger partial charge in [-0.05, 0) is 66.9 Å². The molecular weight excluding hydrogens is 447 g/mol. The van der Waals surface area contributed by atoms with E-state index in [1.54, 1.807) is 23.0 Å². The summed E-state index contributed by atoms with van der Waals surface area (Å²) >= 11 is 0. The van der Waals surface area contributed by atoms with Crippen molar-refractivity contribution in [3.05, 3.63) is 83.6 Å². The van der Waals surface area contributed by atoms with Crippen molar-refractivity contribution in [1.29, 1.82) is 0 Å². The Labute approximate surface area is 192 Å². The lowest BCUT2D eigenvalue weighted by Gasteiger charge is -2.10. The zero-order chi connectivity index (χ0) is 24.3. The van der Waals surface area contributed by atoms with Crippen LogP contribution in [0.25, 0.3) is 16.6 Å². The monoisotopic (exact) mass is 467 g/mol. The van der Waals surface area contributed by atoms with Crippen molar-refractivity contribution >= 4 is 28.8 Å². The van der Waals surface area contributed by atoms with Gasteiger partial charge in [0, 0.05) is 17.3 Å². The summed E-state index contributed by atoms with van der Waals surface area (Å²) in [5, 5.41) is 12.0. The Morgan fingerprint density at radius 1 is 1.06 bits per heavy atom. The largest absolute Gasteiger partial charge is 0.573 e. The van der Waals surface area contributed by atoms with Crippen molar-refractivity contribution < 1.29 is 22.7 Å². The quantitative estimate of drug-likeness (QED) is 0.292. The highest BCUT2D eigenvalue weighted by Crippen LogP contribution is 2.24. The SMILES string of the molecule is Cc1cccc(C)c1NC(=O)NN=Cc1ccc2nn(-c3ccc(OC(F)(F)F)cc3)cc2c1. The molecule has 7 nitrogen and oxygen atoms in total. The van der Waals surface area contributed by atoms with Gasteiger partial charge in [0.15, 0.2) is 0 Å². The van der Waals surface area contributed by atoms with E-state index < -0.39 is 12.4 Å². The van der Waals surface area contributed by atoms with E-state index >= 15 is 0 Å². The van der Waals surface area contributed by atoms with Crippen LogP contribution in [0.5, 0.6) is 5.75 Å². The molecule has 0 saturated heterocycles. The van der Waals surface area contributed by atoms with E-state index in [-0.39, 0.29) is 5.75 Å². The average molecular weight is 467 g/mol. The Balaban J connectivity index is 1.43. The minimum absolute atomic E-state index is 0.305. The minimum atomic E-state index is -4.74. The predicted molar refractivity (Wildman–Crippen MR) is 123 cm³/mol. The van der Waals surface area contributed by atoms with E-state index in [1.165, 1.54) is 30.5 Å². The molecule has 0 fully saturated rings. The van der Waals surface area contributed by atoms with Gasteiger partial charge in [0.25, 0.3) is 0 Å². The van der Waals surface area contributed by atoms with Crippen molar-refractivity contribution in [3.8, 4) is 11.4 Å². The van der Waals surface area contributed by atoms with Crippen LogP contribution in [-0.4, -0.2) is 28.4 Å². The lowest BCUT2D eigenvalue weighted by molar-refractivity contribution is -0.274. The number of nitrogens with zero attached hydrogens (tertiary/aromatic N) is 3. The molecule has 0 saturated carbocycles. The summed E-state index contributed by atoms with van der Waals surface area (Å²) in [7, 11) is 0. The van der Waals surface area contributed by atoms with Crippen molar-refractivity contribution in [2.75, 3.05) is 5.32 Å². The maximum absolute atomic E-state index is 12.3. The Hall–Kier alpha value is -4.34. The number of nitrogens with one attached hydrogen (secondary N) is 2. The number of benzene rings is 3. The minimum Gasteiger partial charge on any atom is -0.406 e. The van der Waals surface area contributed by atoms with Gasteiger partial charge in [0.2, 0.25) is 0 Å². The van der Waals surface area contributed by atoms with Crippen molar-refractivity contribution in [2.24, 2.45) is 5.10 Å². The molecular formula is C24H20F3N5O2. The number of urea groups is 1. The van der Waals surface area contributed by atoms with Gasteiger partial charge in [0.05, 0.1) is 17.4 Å². The van der Waals surface area contributed by atoms with Crippen LogP contribution >= 0.6 is 0 Å². The maximum atomic E-state index is 12.3. The van der Waals surface area contributed by atoms with Crippen molar-refractivity contribution in [3.63, 3.8) is 0 Å². The molecule has 10 heteroatoms. The Morgan fingerprint density at radius 3 is 2.44 bits per heavy atom. The fraction of sp³-hybridized carbons (Fsp3) is 0.125. The van der Waals surface area contributed by atoms with Crippen LogP contribution < -0.4 is 15.5 Å². The molecule has 1 aromatic heterocycles. The third kappa shape index (κ3) is 5.52. The molecule has 0 aliphatic rings. The molecule has 0 aliphatic heterocycles. The van der Waals surface area contributed by atoms with Gasteiger partial charge < -0.3 is 10.1 Å². The lowest BCUT2D eigenvalue weighted by Crippen LogP contribution is -2.25. The molecule has 2 N–H and O–H groups in total. The number of rotatable bonds is 5. The zero-order valence-corrected chi connectivity index (χ0v) is 18.2. The molecule has 0 radical (unpaired) electrons. The first-order valence-corrected chi connectivity index (χ1v) is 10.2. The smallest absolute Gasteiger partial charge is 0.406 e. The number of hydrogen-bond acceptors (Lipinski definition) is 4. The molecule has 0 bridgehead atoms. The molecule has 34 heavy (non-hydrogen) atoms. The molecule has 1 heterocycles. The van der Waals surface area contributed by atoms with Crippen LogP contribution in [0.15, 0.2) is 72.0 Å². The van der Waals surface area contributed by atoms with Gasteiger partial charge in [0.1, 0.15) is 5.75 Å². The number of hydrogen-bond donors (Lipinski definition) is 2. The number of fused-ring (bicyclic) bond motifs is 1. The second kappa shape index (κ2) is 9.26. The molecule has 0 aliphatic carbocycles. The molecule has 0 unspecified atom stereocenters. The van der Waals surface area contributed by atoms with Crippen LogP contribution in [0.3, 0.4) is 0 Å². The number of hydrazone groups is 1. The highest BCUT2D eigenvalue weighted by Gasteiger charge is 2.31. The third-order valence-electron chi connectivity index (χ3n) is 4.96. The zero-order valence-electron chi connectivity index (χ0n) is 18.2. The molecule has 2 amide bonds. The first kappa shape index (κ1) is 22.8. The summed E-state index contributed by atoms with van der Waals surface area (Å²) < 4.78 is 42.4. The van der Waals surface area contributed by atoms with Crippen LogP contribution in [0, 0.1) is 13.8 Å². The third-order valence-corrected chi connectivity index (χ3v) is 4.96. The van der Waals surface area contributed by atoms with Crippen molar-refractivity contribution in [2.45, 2.75) is 20.2 Å². The van der Waals surface area contributed by atoms with Crippen molar-refractivity contribution in [1.82, 2.24) is 15.2 Å². The highest BCUT2D eigenvalue weighted by molar-refractivity contribution is 5.93. The second-order valence-electron chi connectivity index (χ2n) is 7.52. The number of carbonyl (C=O) groups excluding carboxylic acids is 1. The number of carbonyl (C=O) groups is 1.